The lowest BCUT2D eigenvalue weighted by atomic mass is 10.1. The summed E-state index contributed by atoms with van der Waals surface area (Å²) in [6, 6.07) is 1.92. The molecule has 0 radical (unpaired) electrons. The highest BCUT2D eigenvalue weighted by molar-refractivity contribution is 5.48. The van der Waals surface area contributed by atoms with Crippen LogP contribution < -0.4 is 10.2 Å². The van der Waals surface area contributed by atoms with Crippen LogP contribution in [0.5, 0.6) is 0 Å². The lowest BCUT2D eigenvalue weighted by Crippen LogP contribution is -2.46. The Morgan fingerprint density at radius 2 is 2.35 bits per heavy atom. The normalized spacial score (nSPS) is 19.4. The molecule has 5 heteroatoms. The van der Waals surface area contributed by atoms with Crippen molar-refractivity contribution >= 4 is 5.82 Å². The SMILES string of the molecule is CCCNCc1cc(F)cnc1N1CCOCC1CC. The average Bonchev–Trinajstić information content (AvgIpc) is 2.48. The number of halogens is 1. The second kappa shape index (κ2) is 7.55. The van der Waals surface area contributed by atoms with Gasteiger partial charge in [-0.1, -0.05) is 13.8 Å². The summed E-state index contributed by atoms with van der Waals surface area (Å²) in [7, 11) is 0. The highest BCUT2D eigenvalue weighted by atomic mass is 19.1. The Hall–Kier alpha value is -1.20. The molecule has 1 aliphatic rings. The molecule has 1 aromatic rings. The second-order valence-corrected chi connectivity index (χ2v) is 5.14. The van der Waals surface area contributed by atoms with Crippen molar-refractivity contribution in [3.63, 3.8) is 0 Å². The van der Waals surface area contributed by atoms with Crippen molar-refractivity contribution in [2.24, 2.45) is 0 Å². The van der Waals surface area contributed by atoms with Crippen LogP contribution in [0.3, 0.4) is 0 Å². The number of pyridine rings is 1. The van der Waals surface area contributed by atoms with E-state index in [0.29, 0.717) is 19.2 Å². The van der Waals surface area contributed by atoms with Crippen LogP contribution in [0.4, 0.5) is 10.2 Å². The maximum absolute atomic E-state index is 13.5. The quantitative estimate of drug-likeness (QED) is 0.812. The monoisotopic (exact) mass is 281 g/mol. The number of nitrogens with one attached hydrogen (secondary N) is 1. The maximum Gasteiger partial charge on any atom is 0.141 e. The molecule has 0 amide bonds. The summed E-state index contributed by atoms with van der Waals surface area (Å²) in [6.07, 6.45) is 3.37. The number of rotatable bonds is 6. The van der Waals surface area contributed by atoms with E-state index in [9.17, 15) is 4.39 Å². The molecule has 1 fully saturated rings. The van der Waals surface area contributed by atoms with E-state index in [1.165, 1.54) is 6.20 Å². The number of hydrogen-bond donors (Lipinski definition) is 1. The van der Waals surface area contributed by atoms with Gasteiger partial charge in [0.2, 0.25) is 0 Å². The Bertz CT molecular complexity index is 428. The Kier molecular flexibility index (Phi) is 5.73. The minimum atomic E-state index is -0.275. The van der Waals surface area contributed by atoms with Crippen LogP contribution in [0.2, 0.25) is 0 Å². The van der Waals surface area contributed by atoms with Crippen molar-refractivity contribution in [2.75, 3.05) is 31.2 Å². The molecule has 1 atom stereocenters. The van der Waals surface area contributed by atoms with Gasteiger partial charge in [-0.15, -0.1) is 0 Å². The van der Waals surface area contributed by atoms with Gasteiger partial charge in [0.15, 0.2) is 0 Å². The first kappa shape index (κ1) is 15.2. The fourth-order valence-corrected chi connectivity index (χ4v) is 2.53. The standard InChI is InChI=1S/C15H24FN3O/c1-3-5-17-9-12-8-13(16)10-18-15(12)19-6-7-20-11-14(19)4-2/h8,10,14,17H,3-7,9,11H2,1-2H3. The van der Waals surface area contributed by atoms with Gasteiger partial charge in [-0.2, -0.15) is 0 Å². The van der Waals surface area contributed by atoms with E-state index in [2.05, 4.69) is 29.0 Å². The van der Waals surface area contributed by atoms with Crippen molar-refractivity contribution in [2.45, 2.75) is 39.3 Å². The van der Waals surface area contributed by atoms with Gasteiger partial charge in [0, 0.05) is 18.7 Å². The first-order valence-corrected chi connectivity index (χ1v) is 7.45. The molecule has 4 nitrogen and oxygen atoms in total. The molecule has 0 aliphatic carbocycles. The smallest absolute Gasteiger partial charge is 0.141 e. The van der Waals surface area contributed by atoms with Crippen molar-refractivity contribution < 1.29 is 9.13 Å². The van der Waals surface area contributed by atoms with Gasteiger partial charge in [0.1, 0.15) is 11.6 Å². The molecule has 1 N–H and O–H groups in total. The molecule has 20 heavy (non-hydrogen) atoms. The molecule has 1 aromatic heterocycles. The van der Waals surface area contributed by atoms with Gasteiger partial charge in [0.25, 0.3) is 0 Å². The van der Waals surface area contributed by atoms with Gasteiger partial charge in [-0.05, 0) is 25.5 Å². The van der Waals surface area contributed by atoms with Crippen LogP contribution in [0.15, 0.2) is 12.3 Å². The highest BCUT2D eigenvalue weighted by Crippen LogP contribution is 2.24. The molecule has 1 saturated heterocycles. The third kappa shape index (κ3) is 3.67. The zero-order valence-corrected chi connectivity index (χ0v) is 12.4. The van der Waals surface area contributed by atoms with E-state index in [1.54, 1.807) is 6.07 Å². The summed E-state index contributed by atoms with van der Waals surface area (Å²) >= 11 is 0. The molecule has 112 valence electrons. The van der Waals surface area contributed by atoms with E-state index in [-0.39, 0.29) is 5.82 Å². The summed E-state index contributed by atoms with van der Waals surface area (Å²) in [5, 5.41) is 3.33. The topological polar surface area (TPSA) is 37.4 Å². The van der Waals surface area contributed by atoms with Crippen LogP contribution in [-0.2, 0) is 11.3 Å². The lowest BCUT2D eigenvalue weighted by Gasteiger charge is -2.37. The summed E-state index contributed by atoms with van der Waals surface area (Å²) in [6.45, 7) is 8.09. The Labute approximate surface area is 120 Å². The third-order valence-corrected chi connectivity index (χ3v) is 3.62. The predicted molar refractivity (Wildman–Crippen MR) is 78.4 cm³/mol. The van der Waals surface area contributed by atoms with Crippen LogP contribution in [0, 0.1) is 5.82 Å². The van der Waals surface area contributed by atoms with Gasteiger partial charge in [-0.25, -0.2) is 9.37 Å². The Morgan fingerprint density at radius 1 is 1.50 bits per heavy atom. The first-order chi connectivity index (χ1) is 9.76. The average molecular weight is 281 g/mol. The third-order valence-electron chi connectivity index (χ3n) is 3.62. The summed E-state index contributed by atoms with van der Waals surface area (Å²) in [4.78, 5) is 6.59. The molecular formula is C15H24FN3O. The molecular weight excluding hydrogens is 257 g/mol. The van der Waals surface area contributed by atoms with Crippen LogP contribution in [0.25, 0.3) is 0 Å². The van der Waals surface area contributed by atoms with Crippen molar-refractivity contribution in [3.8, 4) is 0 Å². The van der Waals surface area contributed by atoms with Crippen molar-refractivity contribution in [1.82, 2.24) is 10.3 Å². The number of anilines is 1. The fraction of sp³-hybridized carbons (Fsp3) is 0.667. The minimum absolute atomic E-state index is 0.275. The minimum Gasteiger partial charge on any atom is -0.377 e. The maximum atomic E-state index is 13.5. The fourth-order valence-electron chi connectivity index (χ4n) is 2.53. The van der Waals surface area contributed by atoms with E-state index in [1.807, 2.05) is 0 Å². The summed E-state index contributed by atoms with van der Waals surface area (Å²) in [5.74, 6) is 0.619. The zero-order chi connectivity index (χ0) is 14.4. The Balaban J connectivity index is 2.19. The molecule has 0 aromatic carbocycles. The molecule has 2 heterocycles. The largest absolute Gasteiger partial charge is 0.377 e. The second-order valence-electron chi connectivity index (χ2n) is 5.14. The van der Waals surface area contributed by atoms with E-state index in [4.69, 9.17) is 4.74 Å². The van der Waals surface area contributed by atoms with E-state index in [0.717, 1.165) is 43.9 Å². The molecule has 0 spiro atoms. The number of nitrogens with zero attached hydrogens (tertiary/aromatic N) is 2. The number of aromatic nitrogens is 1. The Morgan fingerprint density at radius 3 is 3.10 bits per heavy atom. The molecule has 1 aliphatic heterocycles. The van der Waals surface area contributed by atoms with Crippen LogP contribution in [0.1, 0.15) is 32.3 Å². The summed E-state index contributed by atoms with van der Waals surface area (Å²) < 4.78 is 19.0. The summed E-state index contributed by atoms with van der Waals surface area (Å²) in [5.41, 5.74) is 0.929. The van der Waals surface area contributed by atoms with Crippen LogP contribution in [-0.4, -0.2) is 37.3 Å². The van der Waals surface area contributed by atoms with Gasteiger partial charge in [-0.3, -0.25) is 0 Å². The number of morpholine rings is 1. The first-order valence-electron chi connectivity index (χ1n) is 7.45. The predicted octanol–water partition coefficient (Wildman–Crippen LogP) is 2.34. The molecule has 0 bridgehead atoms. The van der Waals surface area contributed by atoms with Crippen molar-refractivity contribution in [1.29, 1.82) is 0 Å². The van der Waals surface area contributed by atoms with Crippen LogP contribution >= 0.6 is 0 Å². The highest BCUT2D eigenvalue weighted by Gasteiger charge is 2.24. The lowest BCUT2D eigenvalue weighted by molar-refractivity contribution is 0.0924. The van der Waals surface area contributed by atoms with E-state index >= 15 is 0 Å². The molecule has 2 rings (SSSR count). The number of hydrogen-bond acceptors (Lipinski definition) is 4. The number of ether oxygens (including phenoxy) is 1. The van der Waals surface area contributed by atoms with Gasteiger partial charge in [0.05, 0.1) is 25.5 Å². The zero-order valence-electron chi connectivity index (χ0n) is 12.4. The van der Waals surface area contributed by atoms with E-state index < -0.39 is 0 Å². The van der Waals surface area contributed by atoms with Crippen molar-refractivity contribution in [3.05, 3.63) is 23.6 Å². The van der Waals surface area contributed by atoms with Gasteiger partial charge < -0.3 is 15.0 Å². The molecule has 1 unspecified atom stereocenters. The van der Waals surface area contributed by atoms with Gasteiger partial charge >= 0.3 is 0 Å². The molecule has 0 saturated carbocycles.